The molecule has 206 valence electrons. The first-order valence-corrected chi connectivity index (χ1v) is 13.6. The summed E-state index contributed by atoms with van der Waals surface area (Å²) in [6.07, 6.45) is 4.21. The lowest BCUT2D eigenvalue weighted by atomic mass is 9.85. The molecule has 0 spiro atoms. The van der Waals surface area contributed by atoms with Crippen LogP contribution >= 0.6 is 0 Å². The van der Waals surface area contributed by atoms with Crippen molar-refractivity contribution in [3.8, 4) is 0 Å². The second-order valence-corrected chi connectivity index (χ2v) is 11.3. The minimum Gasteiger partial charge on any atom is -0.342 e. The fourth-order valence-electron chi connectivity index (χ4n) is 4.79. The molecule has 8 heteroatoms. The smallest absolute Gasteiger partial charge is 0.246 e. The van der Waals surface area contributed by atoms with Crippen LogP contribution in [0.5, 0.6) is 0 Å². The van der Waals surface area contributed by atoms with E-state index in [1.165, 1.54) is 5.56 Å². The minimum absolute atomic E-state index is 0.00806. The van der Waals surface area contributed by atoms with Crippen LogP contribution in [-0.4, -0.2) is 70.3 Å². The van der Waals surface area contributed by atoms with E-state index in [4.69, 9.17) is 0 Å². The first kappa shape index (κ1) is 29.3. The number of likely N-dealkylation sites (tertiary alicyclic amines) is 1. The summed E-state index contributed by atoms with van der Waals surface area (Å²) in [7, 11) is 0. The van der Waals surface area contributed by atoms with E-state index in [9.17, 15) is 14.4 Å². The zero-order valence-electron chi connectivity index (χ0n) is 23.4. The molecule has 1 aromatic carbocycles. The molecule has 3 atom stereocenters. The van der Waals surface area contributed by atoms with Crippen molar-refractivity contribution in [2.75, 3.05) is 19.6 Å². The van der Waals surface area contributed by atoms with Gasteiger partial charge in [0, 0.05) is 45.3 Å². The minimum atomic E-state index is -0.676. The van der Waals surface area contributed by atoms with Gasteiger partial charge in [0.15, 0.2) is 0 Å². The Kier molecular flexibility index (Phi) is 10.4. The molecule has 2 N–H and O–H groups in total. The maximum Gasteiger partial charge on any atom is 0.246 e. The Hall–Kier alpha value is -3.26. The fraction of sp³-hybridized carbons (Fsp3) is 0.533. The summed E-state index contributed by atoms with van der Waals surface area (Å²) in [5.74, 6) is -0.302. The summed E-state index contributed by atoms with van der Waals surface area (Å²) in [5.41, 5.74) is 1.55. The van der Waals surface area contributed by atoms with Crippen molar-refractivity contribution in [1.29, 1.82) is 0 Å². The van der Waals surface area contributed by atoms with Gasteiger partial charge in [0.1, 0.15) is 6.04 Å². The maximum atomic E-state index is 13.8. The number of amides is 3. The molecule has 38 heavy (non-hydrogen) atoms. The van der Waals surface area contributed by atoms with Gasteiger partial charge in [0.05, 0.1) is 11.7 Å². The molecule has 3 rings (SSSR count). The Bertz CT molecular complexity index is 1050. The number of aromatic nitrogens is 1. The molecule has 1 aromatic heterocycles. The monoisotopic (exact) mass is 521 g/mol. The van der Waals surface area contributed by atoms with Gasteiger partial charge in [-0.1, -0.05) is 57.2 Å². The van der Waals surface area contributed by atoms with Gasteiger partial charge >= 0.3 is 0 Å². The molecule has 3 amide bonds. The number of benzene rings is 1. The average molecular weight is 522 g/mol. The Balaban J connectivity index is 1.63. The molecule has 2 heterocycles. The highest BCUT2D eigenvalue weighted by atomic mass is 16.2. The predicted molar refractivity (Wildman–Crippen MR) is 149 cm³/mol. The van der Waals surface area contributed by atoms with Crippen molar-refractivity contribution in [2.24, 2.45) is 5.41 Å². The van der Waals surface area contributed by atoms with Crippen LogP contribution in [0, 0.1) is 5.41 Å². The lowest BCUT2D eigenvalue weighted by molar-refractivity contribution is -0.141. The number of carbonyl (C=O) groups excluding carboxylic acids is 3. The number of carbonyl (C=O) groups is 3. The van der Waals surface area contributed by atoms with Gasteiger partial charge in [0.2, 0.25) is 17.7 Å². The zero-order valence-corrected chi connectivity index (χ0v) is 23.4. The lowest BCUT2D eigenvalue weighted by Crippen LogP contribution is -2.59. The highest BCUT2D eigenvalue weighted by Gasteiger charge is 2.40. The number of nitrogens with one attached hydrogen (secondary N) is 2. The van der Waals surface area contributed by atoms with Gasteiger partial charge in [-0.2, -0.15) is 0 Å². The number of hydrogen-bond acceptors (Lipinski definition) is 5. The fourth-order valence-corrected chi connectivity index (χ4v) is 4.79. The molecule has 8 nitrogen and oxygen atoms in total. The predicted octanol–water partition coefficient (Wildman–Crippen LogP) is 3.17. The second kappa shape index (κ2) is 13.5. The summed E-state index contributed by atoms with van der Waals surface area (Å²) >= 11 is 0. The van der Waals surface area contributed by atoms with Gasteiger partial charge in [0.25, 0.3) is 0 Å². The molecule has 2 aromatic rings. The van der Waals surface area contributed by atoms with Crippen LogP contribution in [0.25, 0.3) is 0 Å². The Morgan fingerprint density at radius 1 is 1.11 bits per heavy atom. The van der Waals surface area contributed by atoms with Crippen LogP contribution in [-0.2, 0) is 27.3 Å². The molecular weight excluding hydrogens is 478 g/mol. The normalized spacial score (nSPS) is 17.1. The van der Waals surface area contributed by atoms with Crippen LogP contribution in [0.2, 0.25) is 0 Å². The standard InChI is InChI=1S/C30H43N5O3/c1-22(32-20-25-14-9-10-17-31-25)28(37)33-27(30(3,4)5)29(38)35-18-11-15-26(35)21-34(23(2)36)19-16-24-12-7-6-8-13-24/h6-10,12-14,17,22,26-27,32H,11,15-16,18-21H2,1-5H3,(H,33,37)/t22-,26-,27+/m0/s1. The number of rotatable bonds is 11. The van der Waals surface area contributed by atoms with E-state index >= 15 is 0 Å². The van der Waals surface area contributed by atoms with Crippen molar-refractivity contribution in [3.63, 3.8) is 0 Å². The van der Waals surface area contributed by atoms with Crippen LogP contribution < -0.4 is 10.6 Å². The van der Waals surface area contributed by atoms with Crippen molar-refractivity contribution in [2.45, 2.75) is 78.6 Å². The molecule has 0 saturated carbocycles. The quantitative estimate of drug-likeness (QED) is 0.474. The maximum absolute atomic E-state index is 13.8. The average Bonchev–Trinajstić information content (AvgIpc) is 3.36. The van der Waals surface area contributed by atoms with E-state index in [1.807, 2.05) is 67.0 Å². The number of hydrogen-bond donors (Lipinski definition) is 2. The molecule has 0 bridgehead atoms. The number of nitrogens with zero attached hydrogens (tertiary/aromatic N) is 3. The SMILES string of the molecule is CC(=O)N(CCc1ccccc1)C[C@@H]1CCCN1C(=O)[C@@H](NC(=O)[C@H](C)NCc1ccccn1)C(C)(C)C. The van der Waals surface area contributed by atoms with E-state index < -0.39 is 17.5 Å². The molecule has 0 radical (unpaired) electrons. The topological polar surface area (TPSA) is 94.6 Å². The highest BCUT2D eigenvalue weighted by Crippen LogP contribution is 2.26. The van der Waals surface area contributed by atoms with Crippen LogP contribution in [0.15, 0.2) is 54.7 Å². The van der Waals surface area contributed by atoms with E-state index in [0.29, 0.717) is 26.2 Å². The highest BCUT2D eigenvalue weighted by molar-refractivity contribution is 5.90. The number of pyridine rings is 1. The summed E-state index contributed by atoms with van der Waals surface area (Å²) in [5, 5.41) is 6.21. The van der Waals surface area contributed by atoms with E-state index in [-0.39, 0.29) is 23.8 Å². The van der Waals surface area contributed by atoms with Gasteiger partial charge < -0.3 is 20.4 Å². The molecule has 1 saturated heterocycles. The molecule has 1 fully saturated rings. The van der Waals surface area contributed by atoms with Crippen molar-refractivity contribution >= 4 is 17.7 Å². The van der Waals surface area contributed by atoms with Gasteiger partial charge in [-0.25, -0.2) is 0 Å². The molecular formula is C30H43N5O3. The second-order valence-electron chi connectivity index (χ2n) is 11.3. The first-order chi connectivity index (χ1) is 18.1. The van der Waals surface area contributed by atoms with E-state index in [2.05, 4.69) is 27.8 Å². The lowest BCUT2D eigenvalue weighted by Gasteiger charge is -2.37. The largest absolute Gasteiger partial charge is 0.342 e. The zero-order chi connectivity index (χ0) is 27.7. The molecule has 1 aliphatic rings. The Morgan fingerprint density at radius 3 is 2.45 bits per heavy atom. The van der Waals surface area contributed by atoms with Crippen LogP contribution in [0.3, 0.4) is 0 Å². The van der Waals surface area contributed by atoms with Crippen LogP contribution in [0.1, 0.15) is 58.7 Å². The van der Waals surface area contributed by atoms with Crippen molar-refractivity contribution in [3.05, 3.63) is 66.0 Å². The third kappa shape index (κ3) is 8.38. The Labute approximate surface area is 227 Å². The summed E-state index contributed by atoms with van der Waals surface area (Å²) in [4.78, 5) is 47.4. The summed E-state index contributed by atoms with van der Waals surface area (Å²) < 4.78 is 0. The summed E-state index contributed by atoms with van der Waals surface area (Å²) in [6.45, 7) is 11.5. The third-order valence-electron chi connectivity index (χ3n) is 7.16. The van der Waals surface area contributed by atoms with E-state index in [1.54, 1.807) is 20.0 Å². The van der Waals surface area contributed by atoms with Crippen molar-refractivity contribution < 1.29 is 14.4 Å². The molecule has 0 unspecified atom stereocenters. The van der Waals surface area contributed by atoms with E-state index in [0.717, 1.165) is 25.0 Å². The third-order valence-corrected chi connectivity index (χ3v) is 7.16. The van der Waals surface area contributed by atoms with Crippen LogP contribution in [0.4, 0.5) is 0 Å². The Morgan fingerprint density at radius 2 is 1.82 bits per heavy atom. The molecule has 0 aliphatic carbocycles. The first-order valence-electron chi connectivity index (χ1n) is 13.6. The van der Waals surface area contributed by atoms with Gasteiger partial charge in [-0.15, -0.1) is 0 Å². The van der Waals surface area contributed by atoms with Crippen molar-refractivity contribution in [1.82, 2.24) is 25.4 Å². The molecule has 1 aliphatic heterocycles. The van der Waals surface area contributed by atoms with Gasteiger partial charge in [-0.05, 0) is 49.3 Å². The summed E-state index contributed by atoms with van der Waals surface area (Å²) in [6, 6.07) is 14.5. The van der Waals surface area contributed by atoms with Gasteiger partial charge in [-0.3, -0.25) is 19.4 Å².